The van der Waals surface area contributed by atoms with Crippen molar-refractivity contribution in [2.45, 2.75) is 25.8 Å². The van der Waals surface area contributed by atoms with Gasteiger partial charge in [0.15, 0.2) is 0 Å². The van der Waals surface area contributed by atoms with Gasteiger partial charge in [0.2, 0.25) is 0 Å². The fourth-order valence-electron chi connectivity index (χ4n) is 2.57. The Bertz CT molecular complexity index is 436. The van der Waals surface area contributed by atoms with Gasteiger partial charge in [0.25, 0.3) is 5.91 Å². The molecule has 18 heavy (non-hydrogen) atoms. The first-order valence-electron chi connectivity index (χ1n) is 6.28. The van der Waals surface area contributed by atoms with Crippen LogP contribution in [0.5, 0.6) is 5.75 Å². The van der Waals surface area contributed by atoms with E-state index < -0.39 is 0 Å². The van der Waals surface area contributed by atoms with Crippen LogP contribution in [0.25, 0.3) is 0 Å². The number of piperidine rings is 1. The van der Waals surface area contributed by atoms with E-state index in [0.717, 1.165) is 19.4 Å². The highest BCUT2D eigenvalue weighted by molar-refractivity contribution is 5.94. The van der Waals surface area contributed by atoms with E-state index in [2.05, 4.69) is 11.9 Å². The molecule has 5 heteroatoms. The Labute approximate surface area is 107 Å². The van der Waals surface area contributed by atoms with Crippen LogP contribution in [-0.2, 0) is 0 Å². The summed E-state index contributed by atoms with van der Waals surface area (Å²) >= 11 is 0. The SMILES string of the molecule is CC1CCCN(C(=O)c2cncc(O)c2)C1CN. The zero-order valence-electron chi connectivity index (χ0n) is 10.5. The molecule has 5 nitrogen and oxygen atoms in total. The Morgan fingerprint density at radius 2 is 2.39 bits per heavy atom. The summed E-state index contributed by atoms with van der Waals surface area (Å²) in [7, 11) is 0. The minimum Gasteiger partial charge on any atom is -0.506 e. The standard InChI is InChI=1S/C13H19N3O2/c1-9-3-2-4-16(12(9)6-14)13(18)10-5-11(17)8-15-7-10/h5,7-9,12,17H,2-4,6,14H2,1H3. The maximum absolute atomic E-state index is 12.4. The van der Waals surface area contributed by atoms with E-state index >= 15 is 0 Å². The quantitative estimate of drug-likeness (QED) is 0.819. The van der Waals surface area contributed by atoms with Gasteiger partial charge in [0.1, 0.15) is 5.75 Å². The smallest absolute Gasteiger partial charge is 0.255 e. The number of rotatable bonds is 2. The van der Waals surface area contributed by atoms with Crippen molar-refractivity contribution in [2.24, 2.45) is 11.7 Å². The third-order valence-corrected chi connectivity index (χ3v) is 3.59. The maximum Gasteiger partial charge on any atom is 0.255 e. The number of aromatic nitrogens is 1. The fourth-order valence-corrected chi connectivity index (χ4v) is 2.57. The van der Waals surface area contributed by atoms with Gasteiger partial charge in [-0.25, -0.2) is 0 Å². The van der Waals surface area contributed by atoms with Crippen LogP contribution < -0.4 is 5.73 Å². The van der Waals surface area contributed by atoms with E-state index in [-0.39, 0.29) is 17.7 Å². The van der Waals surface area contributed by atoms with Crippen LogP contribution in [0.4, 0.5) is 0 Å². The number of nitrogens with zero attached hydrogens (tertiary/aromatic N) is 2. The molecule has 1 aliphatic rings. The lowest BCUT2D eigenvalue weighted by molar-refractivity contribution is 0.0531. The summed E-state index contributed by atoms with van der Waals surface area (Å²) in [5.74, 6) is 0.327. The average molecular weight is 249 g/mol. The van der Waals surface area contributed by atoms with Gasteiger partial charge < -0.3 is 15.7 Å². The Morgan fingerprint density at radius 1 is 1.61 bits per heavy atom. The van der Waals surface area contributed by atoms with Crippen LogP contribution in [0.2, 0.25) is 0 Å². The largest absolute Gasteiger partial charge is 0.506 e. The van der Waals surface area contributed by atoms with Gasteiger partial charge in [-0.2, -0.15) is 0 Å². The highest BCUT2D eigenvalue weighted by atomic mass is 16.3. The number of aromatic hydroxyl groups is 1. The van der Waals surface area contributed by atoms with Crippen molar-refractivity contribution in [2.75, 3.05) is 13.1 Å². The molecule has 0 bridgehead atoms. The second-order valence-electron chi connectivity index (χ2n) is 4.85. The highest BCUT2D eigenvalue weighted by Gasteiger charge is 2.31. The molecule has 2 heterocycles. The van der Waals surface area contributed by atoms with Gasteiger partial charge in [-0.1, -0.05) is 6.92 Å². The number of likely N-dealkylation sites (tertiary alicyclic amines) is 1. The zero-order valence-corrected chi connectivity index (χ0v) is 10.5. The summed E-state index contributed by atoms with van der Waals surface area (Å²) in [4.78, 5) is 18.0. The minimum absolute atomic E-state index is 0.00945. The van der Waals surface area contributed by atoms with Crippen LogP contribution in [0.15, 0.2) is 18.5 Å². The third-order valence-electron chi connectivity index (χ3n) is 3.59. The van der Waals surface area contributed by atoms with Gasteiger partial charge in [-0.05, 0) is 24.8 Å². The molecule has 0 spiro atoms. The topological polar surface area (TPSA) is 79.5 Å². The van der Waals surface area contributed by atoms with Crippen LogP contribution in [-0.4, -0.2) is 40.0 Å². The summed E-state index contributed by atoms with van der Waals surface area (Å²) in [6.07, 6.45) is 4.89. The molecule has 0 aromatic carbocycles. The molecule has 1 saturated heterocycles. The molecule has 0 saturated carbocycles. The highest BCUT2D eigenvalue weighted by Crippen LogP contribution is 2.24. The van der Waals surface area contributed by atoms with Crippen molar-refractivity contribution in [1.29, 1.82) is 0 Å². The minimum atomic E-state index is -0.0969. The molecule has 0 radical (unpaired) electrons. The summed E-state index contributed by atoms with van der Waals surface area (Å²) in [5.41, 5.74) is 6.19. The van der Waals surface area contributed by atoms with Gasteiger partial charge in [0, 0.05) is 25.3 Å². The number of carbonyl (C=O) groups excluding carboxylic acids is 1. The van der Waals surface area contributed by atoms with Gasteiger partial charge >= 0.3 is 0 Å². The van der Waals surface area contributed by atoms with Crippen LogP contribution in [0.3, 0.4) is 0 Å². The van der Waals surface area contributed by atoms with Crippen LogP contribution >= 0.6 is 0 Å². The van der Waals surface area contributed by atoms with Crippen molar-refractivity contribution in [1.82, 2.24) is 9.88 Å². The molecule has 0 aliphatic carbocycles. The first-order chi connectivity index (χ1) is 8.63. The van der Waals surface area contributed by atoms with E-state index in [4.69, 9.17) is 5.73 Å². The predicted molar refractivity (Wildman–Crippen MR) is 68.2 cm³/mol. The van der Waals surface area contributed by atoms with E-state index in [1.165, 1.54) is 18.5 Å². The van der Waals surface area contributed by atoms with Crippen molar-refractivity contribution >= 4 is 5.91 Å². The number of amides is 1. The molecule has 2 rings (SSSR count). The molecule has 1 fully saturated rings. The number of pyridine rings is 1. The molecular formula is C13H19N3O2. The second-order valence-corrected chi connectivity index (χ2v) is 4.85. The van der Waals surface area contributed by atoms with Crippen molar-refractivity contribution < 1.29 is 9.90 Å². The van der Waals surface area contributed by atoms with E-state index in [1.54, 1.807) is 0 Å². The van der Waals surface area contributed by atoms with E-state index in [9.17, 15) is 9.90 Å². The van der Waals surface area contributed by atoms with Gasteiger partial charge in [-0.3, -0.25) is 9.78 Å². The second kappa shape index (κ2) is 5.35. The van der Waals surface area contributed by atoms with Crippen molar-refractivity contribution in [3.8, 4) is 5.75 Å². The average Bonchev–Trinajstić information content (AvgIpc) is 2.37. The van der Waals surface area contributed by atoms with E-state index in [1.807, 2.05) is 4.90 Å². The Kier molecular flexibility index (Phi) is 3.81. The van der Waals surface area contributed by atoms with Crippen molar-refractivity contribution in [3.63, 3.8) is 0 Å². The molecule has 1 aliphatic heterocycles. The molecule has 3 N–H and O–H groups in total. The molecule has 1 amide bonds. The summed E-state index contributed by atoms with van der Waals surface area (Å²) in [5, 5.41) is 9.38. The predicted octanol–water partition coefficient (Wildman–Crippen LogP) is 0.987. The summed E-state index contributed by atoms with van der Waals surface area (Å²) in [6.45, 7) is 3.32. The molecule has 1 aromatic heterocycles. The number of hydrogen-bond donors (Lipinski definition) is 2. The van der Waals surface area contributed by atoms with E-state index in [0.29, 0.717) is 18.0 Å². The number of nitrogens with two attached hydrogens (primary N) is 1. The lowest BCUT2D eigenvalue weighted by Gasteiger charge is -2.39. The van der Waals surface area contributed by atoms with Crippen LogP contribution in [0, 0.1) is 5.92 Å². The lowest BCUT2D eigenvalue weighted by Crippen LogP contribution is -2.51. The first kappa shape index (κ1) is 12.8. The van der Waals surface area contributed by atoms with Crippen LogP contribution in [0.1, 0.15) is 30.1 Å². The number of hydrogen-bond acceptors (Lipinski definition) is 4. The molecular weight excluding hydrogens is 230 g/mol. The van der Waals surface area contributed by atoms with Gasteiger partial charge in [0.05, 0.1) is 11.8 Å². The monoisotopic (exact) mass is 249 g/mol. The molecule has 2 atom stereocenters. The Hall–Kier alpha value is -1.62. The maximum atomic E-state index is 12.4. The molecule has 1 aromatic rings. The summed E-state index contributed by atoms with van der Waals surface area (Å²) < 4.78 is 0. The van der Waals surface area contributed by atoms with Gasteiger partial charge in [-0.15, -0.1) is 0 Å². The Morgan fingerprint density at radius 3 is 3.06 bits per heavy atom. The molecule has 2 unspecified atom stereocenters. The normalized spacial score (nSPS) is 24.0. The Balaban J connectivity index is 2.21. The zero-order chi connectivity index (χ0) is 13.1. The van der Waals surface area contributed by atoms with Crippen molar-refractivity contribution in [3.05, 3.63) is 24.0 Å². The first-order valence-corrected chi connectivity index (χ1v) is 6.28. The third kappa shape index (κ3) is 2.46. The molecule has 98 valence electrons. The summed E-state index contributed by atoms with van der Waals surface area (Å²) in [6, 6.07) is 1.52. The lowest BCUT2D eigenvalue weighted by atomic mass is 9.90. The fraction of sp³-hybridized carbons (Fsp3) is 0.538. The number of carbonyl (C=O) groups is 1.